The number of hydrogen-bond acceptors (Lipinski definition) is 5. The zero-order valence-electron chi connectivity index (χ0n) is 17.2. The van der Waals surface area contributed by atoms with Crippen molar-refractivity contribution in [2.45, 2.75) is 104 Å². The summed E-state index contributed by atoms with van der Waals surface area (Å²) in [6, 6.07) is 0. The van der Waals surface area contributed by atoms with Crippen LogP contribution in [0.25, 0.3) is 0 Å². The van der Waals surface area contributed by atoms with Gasteiger partial charge in [-0.2, -0.15) is 0 Å². The summed E-state index contributed by atoms with van der Waals surface area (Å²) in [5.41, 5.74) is 0.433. The highest BCUT2D eigenvalue weighted by Crippen LogP contribution is 2.23. The number of aliphatic hydroxyl groups is 4. The summed E-state index contributed by atoms with van der Waals surface area (Å²) < 4.78 is 5.27. The molecule has 0 fully saturated rings. The molecule has 4 atom stereocenters. The van der Waals surface area contributed by atoms with E-state index in [0.717, 1.165) is 25.7 Å². The molecule has 0 rings (SSSR count). The van der Waals surface area contributed by atoms with Crippen LogP contribution in [-0.4, -0.2) is 58.1 Å². The third-order valence-corrected chi connectivity index (χ3v) is 4.32. The monoisotopic (exact) mass is 362 g/mol. The largest absolute Gasteiger partial charge is 0.390 e. The molecule has 5 nitrogen and oxygen atoms in total. The van der Waals surface area contributed by atoms with Crippen LogP contribution < -0.4 is 0 Å². The highest BCUT2D eigenvalue weighted by molar-refractivity contribution is 4.72. The second kappa shape index (κ2) is 11.5. The highest BCUT2D eigenvalue weighted by Gasteiger charge is 2.21. The Labute approximate surface area is 154 Å². The summed E-state index contributed by atoms with van der Waals surface area (Å²) in [7, 11) is 0. The van der Waals surface area contributed by atoms with E-state index in [-0.39, 0.29) is 24.0 Å². The first kappa shape index (κ1) is 24.8. The average Bonchev–Trinajstić information content (AvgIpc) is 2.43. The summed E-state index contributed by atoms with van der Waals surface area (Å²) in [5.74, 6) is 0. The minimum Gasteiger partial charge on any atom is -0.390 e. The maximum Gasteiger partial charge on any atom is 0.103 e. The van der Waals surface area contributed by atoms with Gasteiger partial charge in [0.2, 0.25) is 0 Å². The Hall–Kier alpha value is -0.200. The number of rotatable bonds is 12. The Bertz CT molecular complexity index is 300. The van der Waals surface area contributed by atoms with Crippen molar-refractivity contribution < 1.29 is 25.2 Å². The lowest BCUT2D eigenvalue weighted by atomic mass is 9.89. The molecule has 0 aliphatic carbocycles. The van der Waals surface area contributed by atoms with E-state index in [9.17, 15) is 20.4 Å². The van der Waals surface area contributed by atoms with Gasteiger partial charge in [0.25, 0.3) is 0 Å². The van der Waals surface area contributed by atoms with Crippen LogP contribution in [0.4, 0.5) is 0 Å². The van der Waals surface area contributed by atoms with E-state index in [1.165, 1.54) is 0 Å². The summed E-state index contributed by atoms with van der Waals surface area (Å²) in [6.45, 7) is 12.8. The lowest BCUT2D eigenvalue weighted by Crippen LogP contribution is -2.35. The van der Waals surface area contributed by atoms with Crippen molar-refractivity contribution in [3.63, 3.8) is 0 Å². The molecule has 0 radical (unpaired) electrons. The standard InChI is InChI=1S/C20H42O5/c1-19(2,3)11-7-9-15(21)17(23)13-25-14-18(24)16(22)10-8-12-20(4,5)6/h15-18,21-24H,7-14H2,1-6H3. The molecule has 5 heteroatoms. The van der Waals surface area contributed by atoms with Crippen LogP contribution in [-0.2, 0) is 4.74 Å². The molecule has 0 bridgehead atoms. The van der Waals surface area contributed by atoms with Gasteiger partial charge in [-0.1, -0.05) is 54.4 Å². The topological polar surface area (TPSA) is 90.2 Å². The molecule has 0 amide bonds. The van der Waals surface area contributed by atoms with Crippen molar-refractivity contribution >= 4 is 0 Å². The fraction of sp³-hybridized carbons (Fsp3) is 1.00. The molecule has 0 heterocycles. The van der Waals surface area contributed by atoms with Gasteiger partial charge >= 0.3 is 0 Å². The van der Waals surface area contributed by atoms with Crippen LogP contribution in [0, 0.1) is 10.8 Å². The van der Waals surface area contributed by atoms with Gasteiger partial charge in [0.05, 0.1) is 25.4 Å². The number of aliphatic hydroxyl groups excluding tert-OH is 4. The van der Waals surface area contributed by atoms with Crippen molar-refractivity contribution in [3.05, 3.63) is 0 Å². The second-order valence-corrected chi connectivity index (χ2v) is 9.71. The van der Waals surface area contributed by atoms with Crippen LogP contribution in [0.3, 0.4) is 0 Å². The maximum atomic E-state index is 9.94. The lowest BCUT2D eigenvalue weighted by molar-refractivity contribution is -0.0803. The van der Waals surface area contributed by atoms with E-state index in [4.69, 9.17) is 4.74 Å². The highest BCUT2D eigenvalue weighted by atomic mass is 16.5. The number of ether oxygens (including phenoxy) is 1. The predicted octanol–water partition coefficient (Wildman–Crippen LogP) is 2.88. The maximum absolute atomic E-state index is 9.94. The first-order chi connectivity index (χ1) is 11.3. The quantitative estimate of drug-likeness (QED) is 0.429. The number of hydrogen-bond donors (Lipinski definition) is 4. The summed E-state index contributed by atoms with van der Waals surface area (Å²) in [5, 5.41) is 39.7. The van der Waals surface area contributed by atoms with E-state index in [0.29, 0.717) is 12.8 Å². The molecule has 25 heavy (non-hydrogen) atoms. The van der Waals surface area contributed by atoms with Crippen molar-refractivity contribution in [1.29, 1.82) is 0 Å². The van der Waals surface area contributed by atoms with Crippen molar-refractivity contribution in [1.82, 2.24) is 0 Å². The van der Waals surface area contributed by atoms with Gasteiger partial charge in [-0.05, 0) is 36.5 Å². The van der Waals surface area contributed by atoms with Crippen LogP contribution in [0.1, 0.15) is 80.1 Å². The second-order valence-electron chi connectivity index (χ2n) is 9.71. The minimum atomic E-state index is -0.967. The van der Waals surface area contributed by atoms with Crippen molar-refractivity contribution in [3.8, 4) is 0 Å². The molecule has 0 aliphatic rings. The summed E-state index contributed by atoms with van der Waals surface area (Å²) in [4.78, 5) is 0. The van der Waals surface area contributed by atoms with Gasteiger partial charge in [0.15, 0.2) is 0 Å². The van der Waals surface area contributed by atoms with Crippen LogP contribution >= 0.6 is 0 Å². The SMILES string of the molecule is CC(C)(C)CCCC(O)C(O)COCC(O)C(O)CCCC(C)(C)C. The van der Waals surface area contributed by atoms with Gasteiger partial charge in [0.1, 0.15) is 12.2 Å². The molecule has 0 aromatic heterocycles. The molecule has 4 N–H and O–H groups in total. The first-order valence-corrected chi connectivity index (χ1v) is 9.62. The van der Waals surface area contributed by atoms with E-state index in [2.05, 4.69) is 41.5 Å². The third-order valence-electron chi connectivity index (χ3n) is 4.32. The smallest absolute Gasteiger partial charge is 0.103 e. The molecule has 0 aromatic carbocycles. The van der Waals surface area contributed by atoms with Gasteiger partial charge in [-0.3, -0.25) is 0 Å². The van der Waals surface area contributed by atoms with E-state index < -0.39 is 24.4 Å². The van der Waals surface area contributed by atoms with E-state index in [1.807, 2.05) is 0 Å². The van der Waals surface area contributed by atoms with E-state index in [1.54, 1.807) is 0 Å². The molecule has 0 aliphatic heterocycles. The minimum absolute atomic E-state index is 0.0392. The molecular weight excluding hydrogens is 320 g/mol. The Morgan fingerprint density at radius 2 is 0.920 bits per heavy atom. The Morgan fingerprint density at radius 1 is 0.600 bits per heavy atom. The van der Waals surface area contributed by atoms with Crippen molar-refractivity contribution in [2.75, 3.05) is 13.2 Å². The molecule has 152 valence electrons. The Morgan fingerprint density at radius 3 is 1.20 bits per heavy atom. The van der Waals surface area contributed by atoms with Gasteiger partial charge in [0, 0.05) is 0 Å². The van der Waals surface area contributed by atoms with Crippen molar-refractivity contribution in [2.24, 2.45) is 10.8 Å². The zero-order chi connectivity index (χ0) is 19.7. The Kier molecular flexibility index (Phi) is 11.4. The molecule has 0 saturated heterocycles. The molecule has 4 unspecified atom stereocenters. The zero-order valence-corrected chi connectivity index (χ0v) is 17.2. The van der Waals surface area contributed by atoms with Crippen LogP contribution in [0.2, 0.25) is 0 Å². The third kappa shape index (κ3) is 14.6. The molecule has 0 spiro atoms. The first-order valence-electron chi connectivity index (χ1n) is 9.62. The van der Waals surface area contributed by atoms with Gasteiger partial charge in [-0.25, -0.2) is 0 Å². The fourth-order valence-corrected chi connectivity index (χ4v) is 2.60. The van der Waals surface area contributed by atoms with Gasteiger partial charge in [-0.15, -0.1) is 0 Å². The molecule has 0 saturated carbocycles. The Balaban J connectivity index is 3.88. The predicted molar refractivity (Wildman–Crippen MR) is 101 cm³/mol. The summed E-state index contributed by atoms with van der Waals surface area (Å²) in [6.07, 6.45) is 1.13. The lowest BCUT2D eigenvalue weighted by Gasteiger charge is -2.23. The van der Waals surface area contributed by atoms with Crippen LogP contribution in [0.15, 0.2) is 0 Å². The molecular formula is C20H42O5. The average molecular weight is 363 g/mol. The van der Waals surface area contributed by atoms with Gasteiger partial charge < -0.3 is 25.2 Å². The van der Waals surface area contributed by atoms with Crippen LogP contribution in [0.5, 0.6) is 0 Å². The normalized spacial score (nSPS) is 18.0. The van der Waals surface area contributed by atoms with E-state index >= 15 is 0 Å². The molecule has 0 aromatic rings. The summed E-state index contributed by atoms with van der Waals surface area (Å²) >= 11 is 0. The fourth-order valence-electron chi connectivity index (χ4n) is 2.60.